The number of carbonyl (C=O) groups is 1. The Labute approximate surface area is 83.4 Å². The largest absolute Gasteiger partial charge is 0.293 e. The molecule has 1 aromatic heterocycles. The molecule has 2 nitrogen and oxygen atoms in total. The average molecular weight is 181 g/mol. The molecule has 1 aromatic carbocycles. The van der Waals surface area contributed by atoms with Gasteiger partial charge in [0.1, 0.15) is 13.5 Å². The first-order chi connectivity index (χ1) is 6.66. The fraction of sp³-hybridized carbons (Fsp3) is 0.0909. The molecule has 0 N–H and O–H groups in total. The minimum Gasteiger partial charge on any atom is -0.293 e. The van der Waals surface area contributed by atoms with Gasteiger partial charge in [-0.3, -0.25) is 4.79 Å². The van der Waals surface area contributed by atoms with Gasteiger partial charge in [-0.25, -0.2) is 4.98 Å². The normalized spacial score (nSPS) is 10.4. The average Bonchev–Trinajstić information content (AvgIpc) is 2.16. The van der Waals surface area contributed by atoms with Crippen molar-refractivity contribution >= 4 is 30.0 Å². The molecule has 0 fully saturated rings. The summed E-state index contributed by atoms with van der Waals surface area (Å²) in [5, 5.41) is 0.990. The van der Waals surface area contributed by atoms with Crippen LogP contribution in [0, 0.1) is 0 Å². The van der Waals surface area contributed by atoms with Crippen molar-refractivity contribution in [3.05, 3.63) is 36.0 Å². The lowest BCUT2D eigenvalue weighted by Gasteiger charge is -2.00. The number of carbonyl (C=O) groups excluding carboxylic acids is 1. The summed E-state index contributed by atoms with van der Waals surface area (Å²) in [5.41, 5.74) is 1.89. The molecule has 66 valence electrons. The van der Waals surface area contributed by atoms with Crippen LogP contribution in [-0.2, 0) is 0 Å². The SMILES string of the molecule is [B]c1ccc2ccc(C(C)=O)nc2c1. The van der Waals surface area contributed by atoms with E-state index < -0.39 is 0 Å². The number of pyridine rings is 1. The van der Waals surface area contributed by atoms with Crippen molar-refractivity contribution in [2.75, 3.05) is 0 Å². The van der Waals surface area contributed by atoms with E-state index in [9.17, 15) is 4.79 Å². The summed E-state index contributed by atoms with van der Waals surface area (Å²) in [6.07, 6.45) is 0. The lowest BCUT2D eigenvalue weighted by Crippen LogP contribution is -2.02. The number of ketones is 1. The van der Waals surface area contributed by atoms with E-state index in [0.717, 1.165) is 10.9 Å². The third kappa shape index (κ3) is 1.53. The van der Waals surface area contributed by atoms with Gasteiger partial charge in [0.15, 0.2) is 5.78 Å². The van der Waals surface area contributed by atoms with Crippen molar-refractivity contribution in [2.24, 2.45) is 0 Å². The Balaban J connectivity index is 2.69. The fourth-order valence-electron chi connectivity index (χ4n) is 1.33. The highest BCUT2D eigenvalue weighted by Gasteiger charge is 2.01. The Kier molecular flexibility index (Phi) is 2.08. The van der Waals surface area contributed by atoms with Gasteiger partial charge in [0.25, 0.3) is 0 Å². The Morgan fingerprint density at radius 3 is 2.71 bits per heavy atom. The minimum atomic E-state index is -0.0330. The second kappa shape index (κ2) is 3.26. The van der Waals surface area contributed by atoms with Crippen LogP contribution < -0.4 is 5.46 Å². The first-order valence-electron chi connectivity index (χ1n) is 4.34. The summed E-state index contributed by atoms with van der Waals surface area (Å²) in [7, 11) is 5.63. The molecule has 2 radical (unpaired) electrons. The maximum Gasteiger partial charge on any atom is 0.178 e. The van der Waals surface area contributed by atoms with Crippen LogP contribution in [0.4, 0.5) is 0 Å². The number of hydrogen-bond acceptors (Lipinski definition) is 2. The van der Waals surface area contributed by atoms with Gasteiger partial charge in [0.05, 0.1) is 5.52 Å². The van der Waals surface area contributed by atoms with E-state index in [2.05, 4.69) is 4.98 Å². The predicted molar refractivity (Wildman–Crippen MR) is 57.1 cm³/mol. The molecule has 0 amide bonds. The Hall–Kier alpha value is -1.64. The van der Waals surface area contributed by atoms with Crippen LogP contribution in [0.1, 0.15) is 17.4 Å². The first-order valence-corrected chi connectivity index (χ1v) is 4.34. The number of nitrogens with zero attached hydrogens (tertiary/aromatic N) is 1. The number of Topliss-reactive ketones (excluding diaryl/α,β-unsaturated/α-hetero) is 1. The van der Waals surface area contributed by atoms with Crippen LogP contribution in [0.3, 0.4) is 0 Å². The second-order valence-corrected chi connectivity index (χ2v) is 3.20. The number of aromatic nitrogens is 1. The lowest BCUT2D eigenvalue weighted by atomic mass is 9.95. The molecule has 3 heteroatoms. The smallest absolute Gasteiger partial charge is 0.178 e. The topological polar surface area (TPSA) is 30.0 Å². The Bertz CT molecular complexity index is 508. The Morgan fingerprint density at radius 1 is 1.29 bits per heavy atom. The molecule has 1 heterocycles. The summed E-state index contributed by atoms with van der Waals surface area (Å²) in [4.78, 5) is 15.3. The van der Waals surface area contributed by atoms with Gasteiger partial charge >= 0.3 is 0 Å². The van der Waals surface area contributed by atoms with Crippen molar-refractivity contribution in [3.8, 4) is 0 Å². The maximum atomic E-state index is 11.1. The zero-order valence-electron chi connectivity index (χ0n) is 7.82. The molecular formula is C11H8BNO. The summed E-state index contributed by atoms with van der Waals surface area (Å²) >= 11 is 0. The van der Waals surface area contributed by atoms with E-state index in [4.69, 9.17) is 7.85 Å². The van der Waals surface area contributed by atoms with Gasteiger partial charge in [-0.1, -0.05) is 23.7 Å². The number of benzene rings is 1. The molecule has 2 aromatic rings. The lowest BCUT2D eigenvalue weighted by molar-refractivity contribution is 0.101. The highest BCUT2D eigenvalue weighted by atomic mass is 16.1. The monoisotopic (exact) mass is 181 g/mol. The van der Waals surface area contributed by atoms with Crippen molar-refractivity contribution in [3.63, 3.8) is 0 Å². The number of hydrogen-bond donors (Lipinski definition) is 0. The van der Waals surface area contributed by atoms with Gasteiger partial charge in [-0.15, -0.1) is 0 Å². The molecular weight excluding hydrogens is 173 g/mol. The van der Waals surface area contributed by atoms with Crippen molar-refractivity contribution in [2.45, 2.75) is 6.92 Å². The van der Waals surface area contributed by atoms with Gasteiger partial charge in [0, 0.05) is 12.3 Å². The van der Waals surface area contributed by atoms with Crippen molar-refractivity contribution in [1.82, 2.24) is 4.98 Å². The van der Waals surface area contributed by atoms with Crippen LogP contribution in [0.2, 0.25) is 0 Å². The van der Waals surface area contributed by atoms with E-state index in [-0.39, 0.29) is 5.78 Å². The zero-order chi connectivity index (χ0) is 10.1. The van der Waals surface area contributed by atoms with Crippen LogP contribution in [0.25, 0.3) is 10.9 Å². The Morgan fingerprint density at radius 2 is 2.00 bits per heavy atom. The molecule has 14 heavy (non-hydrogen) atoms. The molecule has 0 bridgehead atoms. The molecule has 0 atom stereocenters. The summed E-state index contributed by atoms with van der Waals surface area (Å²) in [6, 6.07) is 9.07. The summed E-state index contributed by atoms with van der Waals surface area (Å²) in [5.74, 6) is -0.0330. The van der Waals surface area contributed by atoms with E-state index in [1.165, 1.54) is 6.92 Å². The van der Waals surface area contributed by atoms with Crippen LogP contribution in [0.15, 0.2) is 30.3 Å². The maximum absolute atomic E-state index is 11.1. The fourth-order valence-corrected chi connectivity index (χ4v) is 1.33. The minimum absolute atomic E-state index is 0.0330. The van der Waals surface area contributed by atoms with E-state index in [0.29, 0.717) is 11.2 Å². The molecule has 0 saturated heterocycles. The third-order valence-corrected chi connectivity index (χ3v) is 2.08. The highest BCUT2D eigenvalue weighted by molar-refractivity contribution is 6.33. The standard InChI is InChI=1S/C11H8BNO/c1-7(14)10-5-3-8-2-4-9(12)6-11(8)13-10/h2-6H,1H3. The van der Waals surface area contributed by atoms with Crippen LogP contribution in [0.5, 0.6) is 0 Å². The third-order valence-electron chi connectivity index (χ3n) is 2.08. The van der Waals surface area contributed by atoms with E-state index in [1.807, 2.05) is 18.2 Å². The van der Waals surface area contributed by atoms with Gasteiger partial charge in [-0.05, 0) is 12.1 Å². The number of rotatable bonds is 1. The van der Waals surface area contributed by atoms with Crippen molar-refractivity contribution < 1.29 is 4.79 Å². The highest BCUT2D eigenvalue weighted by Crippen LogP contribution is 2.10. The summed E-state index contributed by atoms with van der Waals surface area (Å²) in [6.45, 7) is 1.50. The van der Waals surface area contributed by atoms with Gasteiger partial charge in [-0.2, -0.15) is 0 Å². The molecule has 0 saturated carbocycles. The molecule has 0 unspecified atom stereocenters. The predicted octanol–water partition coefficient (Wildman–Crippen LogP) is 1.23. The second-order valence-electron chi connectivity index (χ2n) is 3.20. The quantitative estimate of drug-likeness (QED) is 0.489. The van der Waals surface area contributed by atoms with Crippen molar-refractivity contribution in [1.29, 1.82) is 0 Å². The summed E-state index contributed by atoms with van der Waals surface area (Å²) < 4.78 is 0. The molecule has 0 aliphatic carbocycles. The van der Waals surface area contributed by atoms with Crippen LogP contribution in [-0.4, -0.2) is 18.6 Å². The van der Waals surface area contributed by atoms with Gasteiger partial charge < -0.3 is 0 Å². The van der Waals surface area contributed by atoms with Gasteiger partial charge in [0.2, 0.25) is 0 Å². The van der Waals surface area contributed by atoms with Crippen LogP contribution >= 0.6 is 0 Å². The molecule has 0 aliphatic heterocycles. The number of fused-ring (bicyclic) bond motifs is 1. The molecule has 0 spiro atoms. The van der Waals surface area contributed by atoms with E-state index in [1.54, 1.807) is 12.1 Å². The first kappa shape index (κ1) is 8.94. The zero-order valence-corrected chi connectivity index (χ0v) is 7.82. The molecule has 2 rings (SSSR count). The van der Waals surface area contributed by atoms with E-state index >= 15 is 0 Å². The molecule has 0 aliphatic rings.